The molecule has 6 heteroatoms. The van der Waals surface area contributed by atoms with Gasteiger partial charge < -0.3 is 14.6 Å². The van der Waals surface area contributed by atoms with Gasteiger partial charge in [0.2, 0.25) is 5.91 Å². The van der Waals surface area contributed by atoms with Gasteiger partial charge >= 0.3 is 0 Å². The molecule has 0 saturated carbocycles. The van der Waals surface area contributed by atoms with Crippen molar-refractivity contribution in [3.8, 4) is 0 Å². The minimum Gasteiger partial charge on any atom is -0.377 e. The molecule has 6 nitrogen and oxygen atoms in total. The second kappa shape index (κ2) is 7.57. The lowest BCUT2D eigenvalue weighted by Crippen LogP contribution is -2.43. The first kappa shape index (κ1) is 16.6. The van der Waals surface area contributed by atoms with E-state index < -0.39 is 0 Å². The SMILES string of the molecule is CCO[C@@H]1CCCN(C(=O)CCc2nc3ccccc3c(=O)[nH]2)C1. The maximum Gasteiger partial charge on any atom is 0.258 e. The van der Waals surface area contributed by atoms with Crippen LogP contribution in [0, 0.1) is 0 Å². The van der Waals surface area contributed by atoms with Crippen LogP contribution >= 0.6 is 0 Å². The molecule has 1 fully saturated rings. The van der Waals surface area contributed by atoms with Gasteiger partial charge in [-0.25, -0.2) is 4.98 Å². The normalized spacial score (nSPS) is 18.0. The average molecular weight is 329 g/mol. The molecule has 0 aliphatic carbocycles. The Hall–Kier alpha value is -2.21. The molecule has 24 heavy (non-hydrogen) atoms. The maximum absolute atomic E-state index is 12.4. The summed E-state index contributed by atoms with van der Waals surface area (Å²) in [5.74, 6) is 0.653. The molecular formula is C18H23N3O3. The van der Waals surface area contributed by atoms with Gasteiger partial charge in [-0.15, -0.1) is 0 Å². The molecule has 3 rings (SSSR count). The fourth-order valence-electron chi connectivity index (χ4n) is 3.17. The molecule has 1 saturated heterocycles. The van der Waals surface area contributed by atoms with Gasteiger partial charge in [-0.1, -0.05) is 12.1 Å². The quantitative estimate of drug-likeness (QED) is 0.909. The van der Waals surface area contributed by atoms with Crippen LogP contribution in [0.4, 0.5) is 0 Å². The lowest BCUT2D eigenvalue weighted by atomic mass is 10.1. The fourth-order valence-corrected chi connectivity index (χ4v) is 3.17. The minimum atomic E-state index is -0.155. The number of nitrogens with zero attached hydrogens (tertiary/aromatic N) is 2. The van der Waals surface area contributed by atoms with Crippen molar-refractivity contribution in [3.63, 3.8) is 0 Å². The number of hydrogen-bond donors (Lipinski definition) is 1. The van der Waals surface area contributed by atoms with Gasteiger partial charge in [-0.3, -0.25) is 9.59 Å². The van der Waals surface area contributed by atoms with Crippen LogP contribution in [-0.2, 0) is 16.0 Å². The Kier molecular flexibility index (Phi) is 5.25. The van der Waals surface area contributed by atoms with E-state index in [9.17, 15) is 9.59 Å². The number of aromatic nitrogens is 2. The van der Waals surface area contributed by atoms with E-state index in [1.54, 1.807) is 6.07 Å². The highest BCUT2D eigenvalue weighted by molar-refractivity contribution is 5.78. The number of rotatable bonds is 5. The van der Waals surface area contributed by atoms with Crippen molar-refractivity contribution in [2.24, 2.45) is 0 Å². The van der Waals surface area contributed by atoms with Crippen LogP contribution in [0.15, 0.2) is 29.1 Å². The first-order valence-corrected chi connectivity index (χ1v) is 8.54. The Labute approximate surface area is 140 Å². The summed E-state index contributed by atoms with van der Waals surface area (Å²) in [5, 5.41) is 0.572. The molecule has 1 amide bonds. The number of hydrogen-bond acceptors (Lipinski definition) is 4. The highest BCUT2D eigenvalue weighted by Gasteiger charge is 2.23. The average Bonchev–Trinajstić information content (AvgIpc) is 2.60. The molecule has 1 N–H and O–H groups in total. The smallest absolute Gasteiger partial charge is 0.258 e. The molecule has 128 valence electrons. The van der Waals surface area contributed by atoms with Gasteiger partial charge in [0.05, 0.1) is 17.0 Å². The minimum absolute atomic E-state index is 0.0928. The van der Waals surface area contributed by atoms with Gasteiger partial charge in [-0.2, -0.15) is 0 Å². The van der Waals surface area contributed by atoms with E-state index in [0.29, 0.717) is 42.7 Å². The Morgan fingerprint density at radius 1 is 1.42 bits per heavy atom. The Bertz CT molecular complexity index is 769. The van der Waals surface area contributed by atoms with Crippen LogP contribution in [0.3, 0.4) is 0 Å². The van der Waals surface area contributed by atoms with E-state index in [4.69, 9.17) is 4.74 Å². The van der Waals surface area contributed by atoms with Gasteiger partial charge in [0.25, 0.3) is 5.56 Å². The number of likely N-dealkylation sites (tertiary alicyclic amines) is 1. The molecule has 0 radical (unpaired) electrons. The van der Waals surface area contributed by atoms with E-state index in [1.165, 1.54) is 0 Å². The van der Waals surface area contributed by atoms with E-state index in [-0.39, 0.29) is 17.6 Å². The summed E-state index contributed by atoms with van der Waals surface area (Å²) in [6.45, 7) is 4.09. The number of para-hydroxylation sites is 1. The third-order valence-electron chi connectivity index (χ3n) is 4.37. The number of amides is 1. The zero-order chi connectivity index (χ0) is 16.9. The Morgan fingerprint density at radius 3 is 3.08 bits per heavy atom. The van der Waals surface area contributed by atoms with Crippen LogP contribution in [0.1, 0.15) is 32.0 Å². The number of ether oxygens (including phenoxy) is 1. The van der Waals surface area contributed by atoms with Crippen LogP contribution < -0.4 is 5.56 Å². The topological polar surface area (TPSA) is 75.3 Å². The molecule has 1 atom stereocenters. The van der Waals surface area contributed by atoms with Crippen LogP contribution in [0.25, 0.3) is 10.9 Å². The first-order valence-electron chi connectivity index (χ1n) is 8.54. The number of nitrogens with one attached hydrogen (secondary N) is 1. The largest absolute Gasteiger partial charge is 0.377 e. The monoisotopic (exact) mass is 329 g/mol. The highest BCUT2D eigenvalue weighted by atomic mass is 16.5. The second-order valence-corrected chi connectivity index (χ2v) is 6.09. The van der Waals surface area contributed by atoms with Crippen molar-refractivity contribution in [1.29, 1.82) is 0 Å². The predicted molar refractivity (Wildman–Crippen MR) is 91.9 cm³/mol. The summed E-state index contributed by atoms with van der Waals surface area (Å²) in [6, 6.07) is 7.23. The lowest BCUT2D eigenvalue weighted by molar-refractivity contribution is -0.135. The molecule has 0 bridgehead atoms. The van der Waals surface area contributed by atoms with Gasteiger partial charge in [0, 0.05) is 32.5 Å². The van der Waals surface area contributed by atoms with E-state index in [2.05, 4.69) is 9.97 Å². The fraction of sp³-hybridized carbons (Fsp3) is 0.500. The summed E-state index contributed by atoms with van der Waals surface area (Å²) >= 11 is 0. The number of aryl methyl sites for hydroxylation is 1. The molecule has 2 aromatic rings. The number of benzene rings is 1. The third-order valence-corrected chi connectivity index (χ3v) is 4.37. The van der Waals surface area contributed by atoms with Gasteiger partial charge in [-0.05, 0) is 31.9 Å². The van der Waals surface area contributed by atoms with Gasteiger partial charge in [0.15, 0.2) is 0 Å². The standard InChI is InChI=1S/C18H23N3O3/c1-2-24-13-6-5-11-21(12-13)17(22)10-9-16-19-15-8-4-3-7-14(15)18(23)20-16/h3-4,7-8,13H,2,5-6,9-12H2,1H3,(H,19,20,23)/t13-/m1/s1. The second-order valence-electron chi connectivity index (χ2n) is 6.09. The van der Waals surface area contributed by atoms with Gasteiger partial charge in [0.1, 0.15) is 5.82 Å². The molecule has 0 spiro atoms. The van der Waals surface area contributed by atoms with Crippen molar-refractivity contribution < 1.29 is 9.53 Å². The number of carbonyl (C=O) groups is 1. The molecule has 2 heterocycles. The zero-order valence-electron chi connectivity index (χ0n) is 14.0. The molecule has 0 unspecified atom stereocenters. The number of H-pyrrole nitrogens is 1. The summed E-state index contributed by atoms with van der Waals surface area (Å²) in [5.41, 5.74) is 0.510. The van der Waals surface area contributed by atoms with E-state index in [1.807, 2.05) is 30.0 Å². The predicted octanol–water partition coefficient (Wildman–Crippen LogP) is 1.88. The third kappa shape index (κ3) is 3.82. The van der Waals surface area contributed by atoms with Crippen molar-refractivity contribution in [2.75, 3.05) is 19.7 Å². The number of piperidine rings is 1. The Morgan fingerprint density at radius 2 is 2.25 bits per heavy atom. The van der Waals surface area contributed by atoms with Crippen LogP contribution in [0.2, 0.25) is 0 Å². The van der Waals surface area contributed by atoms with Crippen molar-refractivity contribution >= 4 is 16.8 Å². The van der Waals surface area contributed by atoms with Crippen molar-refractivity contribution in [1.82, 2.24) is 14.9 Å². The number of carbonyl (C=O) groups excluding carboxylic acids is 1. The Balaban J connectivity index is 1.63. The highest BCUT2D eigenvalue weighted by Crippen LogP contribution is 2.15. The summed E-state index contributed by atoms with van der Waals surface area (Å²) in [4.78, 5) is 33.6. The number of fused-ring (bicyclic) bond motifs is 1. The summed E-state index contributed by atoms with van der Waals surface area (Å²) < 4.78 is 5.64. The molecule has 1 aromatic heterocycles. The van der Waals surface area contributed by atoms with Crippen LogP contribution in [0.5, 0.6) is 0 Å². The lowest BCUT2D eigenvalue weighted by Gasteiger charge is -2.32. The van der Waals surface area contributed by atoms with Crippen molar-refractivity contribution in [3.05, 3.63) is 40.4 Å². The maximum atomic E-state index is 12.4. The molecule has 1 aliphatic rings. The zero-order valence-corrected chi connectivity index (χ0v) is 14.0. The molecule has 1 aliphatic heterocycles. The molecular weight excluding hydrogens is 306 g/mol. The van der Waals surface area contributed by atoms with E-state index in [0.717, 1.165) is 19.4 Å². The number of aromatic amines is 1. The van der Waals surface area contributed by atoms with E-state index >= 15 is 0 Å². The van der Waals surface area contributed by atoms with Crippen molar-refractivity contribution in [2.45, 2.75) is 38.7 Å². The molecule has 1 aromatic carbocycles. The summed E-state index contributed by atoms with van der Waals surface area (Å²) in [7, 11) is 0. The van der Waals surface area contributed by atoms with Crippen LogP contribution in [-0.4, -0.2) is 46.6 Å². The summed E-state index contributed by atoms with van der Waals surface area (Å²) in [6.07, 6.45) is 2.92. The first-order chi connectivity index (χ1) is 11.7.